The van der Waals surface area contributed by atoms with Crippen LogP contribution in [0.4, 0.5) is 10.6 Å². The Hall–Kier alpha value is -5.28. The standard InChI is InChI=1S/C37H35N7O2/c38-35-34-33(28-12-11-27-13-14-31(40-32(27)23-28)26-9-5-2-6-10-26)41-36(44(34)16-15-39-35)29-21-30(22-29)42-17-19-43(20-18-42)37(45)46-24-25-7-3-1-4-8-25/h1-16,23,29-30H,17-22,24H2,(H2,38,39)/t29-,30+. The molecule has 0 spiro atoms. The number of carbonyl (C=O) groups excluding carboxylic acids is 1. The second kappa shape index (κ2) is 11.9. The number of nitrogens with zero attached hydrogens (tertiary/aromatic N) is 6. The van der Waals surface area contributed by atoms with E-state index in [-0.39, 0.29) is 6.09 Å². The fraction of sp³-hybridized carbons (Fsp3) is 0.243. The zero-order valence-electron chi connectivity index (χ0n) is 25.5. The van der Waals surface area contributed by atoms with Crippen molar-refractivity contribution < 1.29 is 9.53 Å². The first-order valence-electron chi connectivity index (χ1n) is 15.9. The first-order valence-corrected chi connectivity index (χ1v) is 15.9. The number of nitrogen functional groups attached to an aromatic ring is 1. The first kappa shape index (κ1) is 28.2. The number of piperazine rings is 1. The molecule has 2 aliphatic rings. The summed E-state index contributed by atoms with van der Waals surface area (Å²) >= 11 is 0. The highest BCUT2D eigenvalue weighted by atomic mass is 16.6. The summed E-state index contributed by atoms with van der Waals surface area (Å²) in [7, 11) is 0. The molecule has 4 heterocycles. The van der Waals surface area contributed by atoms with E-state index in [1.807, 2.05) is 59.6 Å². The molecule has 2 N–H and O–H groups in total. The van der Waals surface area contributed by atoms with Crippen LogP contribution < -0.4 is 5.73 Å². The van der Waals surface area contributed by atoms with Crippen LogP contribution in [0.25, 0.3) is 38.9 Å². The maximum atomic E-state index is 12.6. The van der Waals surface area contributed by atoms with Crippen LogP contribution in [-0.4, -0.2) is 67.5 Å². The Morgan fingerprint density at radius 2 is 1.59 bits per heavy atom. The maximum absolute atomic E-state index is 12.6. The van der Waals surface area contributed by atoms with Crippen LogP contribution >= 0.6 is 0 Å². The molecule has 0 unspecified atom stereocenters. The largest absolute Gasteiger partial charge is 0.445 e. The molecule has 230 valence electrons. The van der Waals surface area contributed by atoms with Gasteiger partial charge in [-0.25, -0.2) is 19.7 Å². The van der Waals surface area contributed by atoms with Gasteiger partial charge in [-0.2, -0.15) is 0 Å². The minimum absolute atomic E-state index is 0.238. The summed E-state index contributed by atoms with van der Waals surface area (Å²) in [5, 5.41) is 1.07. The molecular formula is C37H35N7O2. The van der Waals surface area contributed by atoms with Crippen LogP contribution in [0.5, 0.6) is 0 Å². The first-order chi connectivity index (χ1) is 22.6. The fourth-order valence-corrected chi connectivity index (χ4v) is 6.79. The zero-order valence-corrected chi connectivity index (χ0v) is 25.5. The highest BCUT2D eigenvalue weighted by Crippen LogP contribution is 2.42. The number of pyridine rings is 1. The molecule has 1 saturated carbocycles. The van der Waals surface area contributed by atoms with E-state index in [1.54, 1.807) is 6.20 Å². The number of imidazole rings is 1. The summed E-state index contributed by atoms with van der Waals surface area (Å²) in [5.74, 6) is 1.79. The van der Waals surface area contributed by atoms with Crippen molar-refractivity contribution in [2.45, 2.75) is 31.4 Å². The van der Waals surface area contributed by atoms with Gasteiger partial charge in [-0.15, -0.1) is 0 Å². The van der Waals surface area contributed by atoms with E-state index in [9.17, 15) is 4.79 Å². The Kier molecular flexibility index (Phi) is 7.30. The molecule has 3 aromatic heterocycles. The van der Waals surface area contributed by atoms with Gasteiger partial charge in [-0.05, 0) is 30.5 Å². The number of hydrogen-bond donors (Lipinski definition) is 1. The molecule has 1 amide bonds. The number of amides is 1. The number of benzene rings is 3. The Bertz CT molecular complexity index is 2010. The number of rotatable bonds is 6. The monoisotopic (exact) mass is 609 g/mol. The van der Waals surface area contributed by atoms with Crippen LogP contribution in [0.3, 0.4) is 0 Å². The summed E-state index contributed by atoms with van der Waals surface area (Å²) in [5.41, 5.74) is 13.1. The summed E-state index contributed by atoms with van der Waals surface area (Å²) in [6.07, 6.45) is 5.50. The average molecular weight is 610 g/mol. The molecule has 1 saturated heterocycles. The lowest BCUT2D eigenvalue weighted by molar-refractivity contribution is 0.0367. The van der Waals surface area contributed by atoms with Crippen LogP contribution in [0.2, 0.25) is 0 Å². The molecule has 9 nitrogen and oxygen atoms in total. The maximum Gasteiger partial charge on any atom is 0.410 e. The lowest BCUT2D eigenvalue weighted by atomic mass is 9.78. The van der Waals surface area contributed by atoms with Gasteiger partial charge in [0.2, 0.25) is 0 Å². The van der Waals surface area contributed by atoms with Crippen molar-refractivity contribution in [2.75, 3.05) is 31.9 Å². The van der Waals surface area contributed by atoms with Gasteiger partial charge < -0.3 is 15.4 Å². The van der Waals surface area contributed by atoms with Gasteiger partial charge in [0.1, 0.15) is 29.5 Å². The van der Waals surface area contributed by atoms with Crippen molar-refractivity contribution in [1.29, 1.82) is 0 Å². The average Bonchev–Trinajstić information content (AvgIpc) is 3.47. The van der Waals surface area contributed by atoms with Gasteiger partial charge in [-0.1, -0.05) is 78.9 Å². The topological polar surface area (TPSA) is 102 Å². The number of nitrogens with two attached hydrogens (primary N) is 1. The predicted molar refractivity (Wildman–Crippen MR) is 179 cm³/mol. The summed E-state index contributed by atoms with van der Waals surface area (Å²) in [6.45, 7) is 3.34. The molecular weight excluding hydrogens is 574 g/mol. The second-order valence-corrected chi connectivity index (χ2v) is 12.2. The highest BCUT2D eigenvalue weighted by molar-refractivity contribution is 5.91. The number of fused-ring (bicyclic) bond motifs is 2. The Balaban J connectivity index is 0.972. The molecule has 46 heavy (non-hydrogen) atoms. The third-order valence-electron chi connectivity index (χ3n) is 9.42. The lowest BCUT2D eigenvalue weighted by Gasteiger charge is -2.45. The normalized spacial score (nSPS) is 18.5. The van der Waals surface area contributed by atoms with Crippen molar-refractivity contribution in [3.63, 3.8) is 0 Å². The van der Waals surface area contributed by atoms with Gasteiger partial charge in [0.15, 0.2) is 0 Å². The third kappa shape index (κ3) is 5.32. The highest BCUT2D eigenvalue weighted by Gasteiger charge is 2.39. The SMILES string of the molecule is Nc1nccn2c1c(-c1ccc3ccc(-c4ccccc4)nc3c1)nc2[C@H]1C[C@@H](N2CCN(C(=O)OCc3ccccc3)CC2)C1. The quantitative estimate of drug-likeness (QED) is 0.233. The molecule has 0 bridgehead atoms. The van der Waals surface area contributed by atoms with E-state index in [4.69, 9.17) is 20.4 Å². The van der Waals surface area contributed by atoms with Crippen molar-refractivity contribution in [3.05, 3.63) is 115 Å². The zero-order chi connectivity index (χ0) is 31.0. The van der Waals surface area contributed by atoms with E-state index in [2.05, 4.69) is 56.7 Å². The van der Waals surface area contributed by atoms with Crippen molar-refractivity contribution >= 4 is 28.3 Å². The minimum atomic E-state index is -0.238. The second-order valence-electron chi connectivity index (χ2n) is 12.2. The molecule has 0 radical (unpaired) electrons. The molecule has 8 rings (SSSR count). The summed E-state index contributed by atoms with van der Waals surface area (Å²) in [6, 6.07) is 31.0. The lowest BCUT2D eigenvalue weighted by Crippen LogP contribution is -2.55. The summed E-state index contributed by atoms with van der Waals surface area (Å²) in [4.78, 5) is 31.6. The van der Waals surface area contributed by atoms with E-state index in [1.165, 1.54) is 0 Å². The molecule has 1 aliphatic heterocycles. The number of carbonyl (C=O) groups is 1. The minimum Gasteiger partial charge on any atom is -0.445 e. The smallest absolute Gasteiger partial charge is 0.410 e. The molecule has 0 atom stereocenters. The van der Waals surface area contributed by atoms with Gasteiger partial charge >= 0.3 is 6.09 Å². The Morgan fingerprint density at radius 3 is 2.37 bits per heavy atom. The number of aromatic nitrogens is 4. The molecule has 1 aliphatic carbocycles. The van der Waals surface area contributed by atoms with Crippen LogP contribution in [0.15, 0.2) is 103 Å². The fourth-order valence-electron chi connectivity index (χ4n) is 6.79. The molecule has 2 fully saturated rings. The number of hydrogen-bond acceptors (Lipinski definition) is 7. The Morgan fingerprint density at radius 1 is 0.848 bits per heavy atom. The summed E-state index contributed by atoms with van der Waals surface area (Å²) < 4.78 is 7.68. The van der Waals surface area contributed by atoms with Crippen LogP contribution in [-0.2, 0) is 11.3 Å². The van der Waals surface area contributed by atoms with Crippen molar-refractivity contribution in [2.24, 2.45) is 0 Å². The van der Waals surface area contributed by atoms with Gasteiger partial charge in [0.05, 0.1) is 11.2 Å². The van der Waals surface area contributed by atoms with Gasteiger partial charge in [0.25, 0.3) is 0 Å². The van der Waals surface area contributed by atoms with Crippen LogP contribution in [0.1, 0.15) is 30.1 Å². The third-order valence-corrected chi connectivity index (χ3v) is 9.42. The van der Waals surface area contributed by atoms with E-state index < -0.39 is 0 Å². The van der Waals surface area contributed by atoms with Gasteiger partial charge in [0, 0.05) is 67.0 Å². The molecule has 6 aromatic rings. The number of ether oxygens (including phenoxy) is 1. The van der Waals surface area contributed by atoms with Crippen molar-refractivity contribution in [3.8, 4) is 22.5 Å². The van der Waals surface area contributed by atoms with E-state index in [0.717, 1.165) is 76.3 Å². The van der Waals surface area contributed by atoms with Crippen LogP contribution in [0, 0.1) is 0 Å². The predicted octanol–water partition coefficient (Wildman–Crippen LogP) is 6.39. The van der Waals surface area contributed by atoms with E-state index in [0.29, 0.717) is 37.5 Å². The Labute approximate surface area is 267 Å². The van der Waals surface area contributed by atoms with E-state index >= 15 is 0 Å². The van der Waals surface area contributed by atoms with Gasteiger partial charge in [-0.3, -0.25) is 9.30 Å². The molecule has 3 aromatic carbocycles. The molecule has 9 heteroatoms. The van der Waals surface area contributed by atoms with Crippen molar-refractivity contribution in [1.82, 2.24) is 29.2 Å². The number of anilines is 1.